The molecule has 0 aromatic carbocycles. The van der Waals surface area contributed by atoms with Crippen LogP contribution in [-0.2, 0) is 9.47 Å². The fourth-order valence-corrected chi connectivity index (χ4v) is 3.46. The molecule has 0 bridgehead atoms. The molecule has 2 heterocycles. The van der Waals surface area contributed by atoms with E-state index in [0.29, 0.717) is 0 Å². The molecule has 2 saturated heterocycles. The van der Waals surface area contributed by atoms with E-state index in [1.807, 2.05) is 0 Å². The van der Waals surface area contributed by atoms with Gasteiger partial charge in [-0.1, -0.05) is 0 Å². The summed E-state index contributed by atoms with van der Waals surface area (Å²) in [5.41, 5.74) is 0. The number of piperidine rings is 1. The summed E-state index contributed by atoms with van der Waals surface area (Å²) in [6.07, 6.45) is 6.51. The highest BCUT2D eigenvalue weighted by Gasteiger charge is 2.31. The maximum atomic E-state index is 5.70. The Kier molecular flexibility index (Phi) is 7.14. The smallest absolute Gasteiger partial charge is 0.0593 e. The van der Waals surface area contributed by atoms with Gasteiger partial charge in [0.2, 0.25) is 0 Å². The van der Waals surface area contributed by atoms with Gasteiger partial charge in [0, 0.05) is 32.9 Å². The molecule has 0 aromatic rings. The predicted molar refractivity (Wildman–Crippen MR) is 77.5 cm³/mol. The maximum Gasteiger partial charge on any atom is 0.0593 e. The monoisotopic (exact) mass is 270 g/mol. The Balaban J connectivity index is 1.61. The van der Waals surface area contributed by atoms with Gasteiger partial charge in [-0.25, -0.2) is 0 Å². The normalized spacial score (nSPS) is 28.9. The standard InChI is InChI=1S/C15H30N2O2/c1-18-10-4-11-19-12-9-17-8-3-6-15(17)14-5-2-7-16-13-14/h14-16H,2-13H2,1H3. The Hall–Kier alpha value is -0.160. The van der Waals surface area contributed by atoms with Gasteiger partial charge >= 0.3 is 0 Å². The number of ether oxygens (including phenoxy) is 2. The summed E-state index contributed by atoms with van der Waals surface area (Å²) in [5.74, 6) is 0.866. The molecule has 2 atom stereocenters. The van der Waals surface area contributed by atoms with Gasteiger partial charge in [-0.05, 0) is 57.7 Å². The Bertz CT molecular complexity index is 232. The Morgan fingerprint density at radius 2 is 2.11 bits per heavy atom. The number of nitrogens with one attached hydrogen (secondary N) is 1. The van der Waals surface area contributed by atoms with Crippen LogP contribution in [0.5, 0.6) is 0 Å². The minimum absolute atomic E-state index is 0.801. The van der Waals surface area contributed by atoms with E-state index in [-0.39, 0.29) is 0 Å². The fourth-order valence-electron chi connectivity index (χ4n) is 3.46. The lowest BCUT2D eigenvalue weighted by Gasteiger charge is -2.34. The van der Waals surface area contributed by atoms with E-state index in [2.05, 4.69) is 10.2 Å². The summed E-state index contributed by atoms with van der Waals surface area (Å²) in [5, 5.41) is 3.55. The van der Waals surface area contributed by atoms with Gasteiger partial charge in [-0.3, -0.25) is 4.90 Å². The van der Waals surface area contributed by atoms with Crippen molar-refractivity contribution in [2.75, 3.05) is 53.1 Å². The zero-order valence-electron chi connectivity index (χ0n) is 12.4. The third kappa shape index (κ3) is 5.03. The number of hydrogen-bond acceptors (Lipinski definition) is 4. The van der Waals surface area contributed by atoms with Crippen molar-refractivity contribution < 1.29 is 9.47 Å². The van der Waals surface area contributed by atoms with Gasteiger partial charge in [0.05, 0.1) is 6.61 Å². The fraction of sp³-hybridized carbons (Fsp3) is 1.00. The van der Waals surface area contributed by atoms with Crippen LogP contribution in [0.1, 0.15) is 32.1 Å². The minimum atomic E-state index is 0.801. The quantitative estimate of drug-likeness (QED) is 0.678. The Morgan fingerprint density at radius 3 is 2.89 bits per heavy atom. The van der Waals surface area contributed by atoms with Gasteiger partial charge in [0.1, 0.15) is 0 Å². The first-order valence-corrected chi connectivity index (χ1v) is 7.93. The van der Waals surface area contributed by atoms with Crippen molar-refractivity contribution in [2.45, 2.75) is 38.1 Å². The number of nitrogens with zero attached hydrogens (tertiary/aromatic N) is 1. The lowest BCUT2D eigenvalue weighted by atomic mass is 9.90. The molecule has 4 nitrogen and oxygen atoms in total. The highest BCUT2D eigenvalue weighted by molar-refractivity contribution is 4.87. The van der Waals surface area contributed by atoms with Crippen molar-refractivity contribution >= 4 is 0 Å². The summed E-state index contributed by atoms with van der Waals surface area (Å²) in [7, 11) is 1.74. The van der Waals surface area contributed by atoms with Crippen LogP contribution in [0.15, 0.2) is 0 Å². The van der Waals surface area contributed by atoms with E-state index in [0.717, 1.165) is 44.7 Å². The van der Waals surface area contributed by atoms with Crippen molar-refractivity contribution in [1.82, 2.24) is 10.2 Å². The van der Waals surface area contributed by atoms with E-state index < -0.39 is 0 Å². The highest BCUT2D eigenvalue weighted by atomic mass is 16.5. The molecule has 2 aliphatic rings. The summed E-state index contributed by atoms with van der Waals surface area (Å²) in [6, 6.07) is 0.801. The number of hydrogen-bond donors (Lipinski definition) is 1. The van der Waals surface area contributed by atoms with Gasteiger partial charge in [0.25, 0.3) is 0 Å². The zero-order chi connectivity index (χ0) is 13.3. The molecule has 2 unspecified atom stereocenters. The second-order valence-corrected chi connectivity index (χ2v) is 5.81. The lowest BCUT2D eigenvalue weighted by molar-refractivity contribution is 0.0706. The molecule has 2 fully saturated rings. The first kappa shape index (κ1) is 15.2. The van der Waals surface area contributed by atoms with Crippen LogP contribution in [-0.4, -0.2) is 64.1 Å². The van der Waals surface area contributed by atoms with Crippen LogP contribution in [0.25, 0.3) is 0 Å². The van der Waals surface area contributed by atoms with Gasteiger partial charge in [-0.15, -0.1) is 0 Å². The third-order valence-corrected chi connectivity index (χ3v) is 4.45. The van der Waals surface area contributed by atoms with E-state index in [1.165, 1.54) is 45.3 Å². The van der Waals surface area contributed by atoms with Crippen LogP contribution < -0.4 is 5.32 Å². The molecule has 0 radical (unpaired) electrons. The maximum absolute atomic E-state index is 5.70. The average Bonchev–Trinajstić information content (AvgIpc) is 2.92. The van der Waals surface area contributed by atoms with Crippen molar-refractivity contribution in [1.29, 1.82) is 0 Å². The van der Waals surface area contributed by atoms with E-state index >= 15 is 0 Å². The molecular formula is C15H30N2O2. The second-order valence-electron chi connectivity index (χ2n) is 5.81. The van der Waals surface area contributed by atoms with Gasteiger partial charge in [-0.2, -0.15) is 0 Å². The molecule has 1 N–H and O–H groups in total. The largest absolute Gasteiger partial charge is 0.385 e. The van der Waals surface area contributed by atoms with Crippen LogP contribution in [0, 0.1) is 5.92 Å². The van der Waals surface area contributed by atoms with Crippen LogP contribution in [0.4, 0.5) is 0 Å². The average molecular weight is 270 g/mol. The van der Waals surface area contributed by atoms with Crippen molar-refractivity contribution in [3.8, 4) is 0 Å². The van der Waals surface area contributed by atoms with Gasteiger partial charge in [0.15, 0.2) is 0 Å². The summed E-state index contributed by atoms with van der Waals surface area (Å²) < 4.78 is 10.7. The van der Waals surface area contributed by atoms with E-state index in [9.17, 15) is 0 Å². The van der Waals surface area contributed by atoms with Crippen LogP contribution in [0.3, 0.4) is 0 Å². The molecule has 112 valence electrons. The van der Waals surface area contributed by atoms with Crippen molar-refractivity contribution in [3.05, 3.63) is 0 Å². The predicted octanol–water partition coefficient (Wildman–Crippen LogP) is 1.50. The van der Waals surface area contributed by atoms with Crippen LogP contribution in [0.2, 0.25) is 0 Å². The lowest BCUT2D eigenvalue weighted by Crippen LogP contribution is -2.44. The van der Waals surface area contributed by atoms with Crippen LogP contribution >= 0.6 is 0 Å². The molecule has 2 rings (SSSR count). The molecule has 0 saturated carbocycles. The molecule has 2 aliphatic heterocycles. The molecule has 0 amide bonds. The van der Waals surface area contributed by atoms with Gasteiger partial charge < -0.3 is 14.8 Å². The first-order chi connectivity index (χ1) is 9.42. The molecule has 0 aliphatic carbocycles. The third-order valence-electron chi connectivity index (χ3n) is 4.45. The minimum Gasteiger partial charge on any atom is -0.385 e. The van der Waals surface area contributed by atoms with E-state index in [1.54, 1.807) is 7.11 Å². The first-order valence-electron chi connectivity index (χ1n) is 7.93. The summed E-state index contributed by atoms with van der Waals surface area (Å²) >= 11 is 0. The molecule has 0 spiro atoms. The number of rotatable bonds is 8. The summed E-state index contributed by atoms with van der Waals surface area (Å²) in [4.78, 5) is 2.66. The number of methoxy groups -OCH3 is 1. The zero-order valence-corrected chi connectivity index (χ0v) is 12.4. The molecule has 4 heteroatoms. The highest BCUT2D eigenvalue weighted by Crippen LogP contribution is 2.27. The van der Waals surface area contributed by atoms with Crippen molar-refractivity contribution in [3.63, 3.8) is 0 Å². The van der Waals surface area contributed by atoms with E-state index in [4.69, 9.17) is 9.47 Å². The molecular weight excluding hydrogens is 240 g/mol. The Morgan fingerprint density at radius 1 is 1.16 bits per heavy atom. The van der Waals surface area contributed by atoms with Crippen molar-refractivity contribution in [2.24, 2.45) is 5.92 Å². The number of likely N-dealkylation sites (tertiary alicyclic amines) is 1. The topological polar surface area (TPSA) is 33.7 Å². The summed E-state index contributed by atoms with van der Waals surface area (Å²) in [6.45, 7) is 7.32. The molecule has 19 heavy (non-hydrogen) atoms. The molecule has 0 aromatic heterocycles. The Labute approximate surface area is 117 Å². The SMILES string of the molecule is COCCCOCCN1CCCC1C1CCCNC1. The second kappa shape index (κ2) is 8.90.